The van der Waals surface area contributed by atoms with Crippen LogP contribution in [0, 0.1) is 5.92 Å². The van der Waals surface area contributed by atoms with Gasteiger partial charge in [0.05, 0.1) is 5.82 Å². The largest absolute Gasteiger partial charge is 0.386 e. The molecule has 2 aliphatic rings. The van der Waals surface area contributed by atoms with Crippen molar-refractivity contribution in [2.75, 3.05) is 5.32 Å². The van der Waals surface area contributed by atoms with Crippen LogP contribution in [-0.4, -0.2) is 0 Å². The van der Waals surface area contributed by atoms with Crippen LogP contribution in [0.15, 0.2) is 24.5 Å². The fourth-order valence-corrected chi connectivity index (χ4v) is 3.21. The highest BCUT2D eigenvalue weighted by molar-refractivity contribution is 5.64. The van der Waals surface area contributed by atoms with Crippen LogP contribution in [0.1, 0.15) is 42.4 Å². The second-order valence-corrected chi connectivity index (χ2v) is 5.74. The van der Waals surface area contributed by atoms with Crippen LogP contribution in [0.2, 0.25) is 0 Å². The van der Waals surface area contributed by atoms with E-state index in [1.165, 1.54) is 67.3 Å². The Labute approximate surface area is 109 Å². The number of nitrogens with two attached hydrogens (primary N) is 1. The highest BCUT2D eigenvalue weighted by Crippen LogP contribution is 2.37. The average Bonchev–Trinajstić information content (AvgIpc) is 2.73. The maximum atomic E-state index is 5.76. The third kappa shape index (κ3) is 2.12. The van der Waals surface area contributed by atoms with E-state index in [0.29, 0.717) is 5.82 Å². The van der Waals surface area contributed by atoms with Gasteiger partial charge in [0.25, 0.3) is 0 Å². The topological polar surface area (TPSA) is 38.0 Å². The van der Waals surface area contributed by atoms with Crippen LogP contribution < -0.4 is 11.1 Å². The molecule has 1 aromatic carbocycles. The molecular weight excluding hydrogens is 220 g/mol. The second-order valence-electron chi connectivity index (χ2n) is 5.74. The van der Waals surface area contributed by atoms with Crippen molar-refractivity contribution in [3.8, 4) is 0 Å². The van der Waals surface area contributed by atoms with Gasteiger partial charge in [0.2, 0.25) is 0 Å². The quantitative estimate of drug-likeness (QED) is 0.849. The number of rotatable bonds is 4. The number of benzene rings is 1. The van der Waals surface area contributed by atoms with Crippen molar-refractivity contribution in [1.82, 2.24) is 0 Å². The van der Waals surface area contributed by atoms with Crippen molar-refractivity contribution in [3.05, 3.63) is 41.2 Å². The molecule has 2 nitrogen and oxygen atoms in total. The fraction of sp³-hybridized carbons (Fsp3) is 0.500. The molecule has 3 rings (SSSR count). The number of fused-ring (bicyclic) bond motifs is 1. The molecule has 0 spiro atoms. The van der Waals surface area contributed by atoms with Gasteiger partial charge in [-0.1, -0.05) is 38.0 Å². The Kier molecular flexibility index (Phi) is 3.02. The number of aryl methyl sites for hydroxylation is 1. The zero-order valence-corrected chi connectivity index (χ0v) is 11.0. The smallest absolute Gasteiger partial charge is 0.0930 e. The lowest BCUT2D eigenvalue weighted by Crippen LogP contribution is -2.17. The molecule has 0 radical (unpaired) electrons. The first-order valence-electron chi connectivity index (χ1n) is 7.09. The van der Waals surface area contributed by atoms with Crippen molar-refractivity contribution >= 4 is 5.69 Å². The number of hydrogen-bond donors (Lipinski definition) is 2. The third-order valence-electron chi connectivity index (χ3n) is 4.39. The van der Waals surface area contributed by atoms with Crippen LogP contribution in [0.5, 0.6) is 0 Å². The van der Waals surface area contributed by atoms with Crippen LogP contribution in [0.3, 0.4) is 0 Å². The maximum Gasteiger partial charge on any atom is 0.0930 e. The Morgan fingerprint density at radius 3 is 2.78 bits per heavy atom. The van der Waals surface area contributed by atoms with Crippen molar-refractivity contribution in [2.45, 2.75) is 44.9 Å². The second kappa shape index (κ2) is 4.68. The molecule has 0 aromatic heterocycles. The summed E-state index contributed by atoms with van der Waals surface area (Å²) in [5, 5.41) is 3.31. The van der Waals surface area contributed by atoms with Gasteiger partial charge >= 0.3 is 0 Å². The molecule has 0 saturated heterocycles. The van der Waals surface area contributed by atoms with E-state index >= 15 is 0 Å². The lowest BCUT2D eigenvalue weighted by atomic mass is 9.80. The average molecular weight is 242 g/mol. The molecule has 0 amide bonds. The van der Waals surface area contributed by atoms with E-state index in [1.807, 2.05) is 0 Å². The highest BCUT2D eigenvalue weighted by Gasteiger charge is 2.22. The minimum atomic E-state index is 0.560. The minimum Gasteiger partial charge on any atom is -0.386 e. The van der Waals surface area contributed by atoms with Crippen LogP contribution >= 0.6 is 0 Å². The SMILES string of the molecule is C=C(N)Nc1c(CC2CCC2)ccc2c1CCC2. The molecule has 1 fully saturated rings. The lowest BCUT2D eigenvalue weighted by molar-refractivity contribution is 0.314. The number of nitrogens with one attached hydrogen (secondary N) is 1. The molecule has 0 atom stereocenters. The summed E-state index contributed by atoms with van der Waals surface area (Å²) < 4.78 is 0. The zero-order chi connectivity index (χ0) is 12.5. The van der Waals surface area contributed by atoms with Gasteiger partial charge in [-0.15, -0.1) is 0 Å². The summed E-state index contributed by atoms with van der Waals surface area (Å²) in [4.78, 5) is 0. The molecule has 2 aliphatic carbocycles. The van der Waals surface area contributed by atoms with Crippen molar-refractivity contribution in [3.63, 3.8) is 0 Å². The Morgan fingerprint density at radius 1 is 1.28 bits per heavy atom. The molecule has 2 heteroatoms. The first-order valence-corrected chi connectivity index (χ1v) is 7.09. The summed E-state index contributed by atoms with van der Waals surface area (Å²) in [6.45, 7) is 3.80. The molecule has 1 aromatic rings. The Bertz CT molecular complexity index is 472. The van der Waals surface area contributed by atoms with Crippen molar-refractivity contribution in [1.29, 1.82) is 0 Å². The van der Waals surface area contributed by atoms with Gasteiger partial charge < -0.3 is 11.1 Å². The molecule has 0 heterocycles. The summed E-state index contributed by atoms with van der Waals surface area (Å²) in [7, 11) is 0. The minimum absolute atomic E-state index is 0.560. The van der Waals surface area contributed by atoms with Gasteiger partial charge in [-0.3, -0.25) is 0 Å². The maximum absolute atomic E-state index is 5.76. The van der Waals surface area contributed by atoms with Crippen molar-refractivity contribution < 1.29 is 0 Å². The molecule has 1 saturated carbocycles. The predicted octanol–water partition coefficient (Wildman–Crippen LogP) is 3.36. The predicted molar refractivity (Wildman–Crippen MR) is 76.5 cm³/mol. The monoisotopic (exact) mass is 242 g/mol. The van der Waals surface area contributed by atoms with Gasteiger partial charge in [-0.2, -0.15) is 0 Å². The van der Waals surface area contributed by atoms with Crippen LogP contribution in [0.25, 0.3) is 0 Å². The van der Waals surface area contributed by atoms with Gasteiger partial charge in [-0.05, 0) is 48.3 Å². The van der Waals surface area contributed by atoms with E-state index in [4.69, 9.17) is 5.73 Å². The van der Waals surface area contributed by atoms with Gasteiger partial charge in [0.15, 0.2) is 0 Å². The first-order chi connectivity index (χ1) is 8.74. The number of hydrogen-bond acceptors (Lipinski definition) is 2. The van der Waals surface area contributed by atoms with E-state index in [2.05, 4.69) is 24.0 Å². The molecular formula is C16H22N2. The summed E-state index contributed by atoms with van der Waals surface area (Å²) in [5.41, 5.74) is 11.4. The van der Waals surface area contributed by atoms with Crippen LogP contribution in [0.4, 0.5) is 5.69 Å². The Morgan fingerprint density at radius 2 is 2.11 bits per heavy atom. The summed E-state index contributed by atoms with van der Waals surface area (Å²) in [6.07, 6.45) is 9.05. The third-order valence-corrected chi connectivity index (χ3v) is 4.39. The van der Waals surface area contributed by atoms with Crippen molar-refractivity contribution in [2.24, 2.45) is 11.7 Å². The molecule has 0 bridgehead atoms. The summed E-state index contributed by atoms with van der Waals surface area (Å²) >= 11 is 0. The molecule has 96 valence electrons. The van der Waals surface area contributed by atoms with E-state index in [9.17, 15) is 0 Å². The lowest BCUT2D eigenvalue weighted by Gasteiger charge is -2.27. The van der Waals surface area contributed by atoms with Crippen LogP contribution in [-0.2, 0) is 19.3 Å². The Balaban J connectivity index is 1.93. The van der Waals surface area contributed by atoms with Gasteiger partial charge in [0, 0.05) is 5.69 Å². The molecule has 18 heavy (non-hydrogen) atoms. The van der Waals surface area contributed by atoms with Gasteiger partial charge in [0.1, 0.15) is 0 Å². The molecule has 0 unspecified atom stereocenters. The van der Waals surface area contributed by atoms with E-state index in [1.54, 1.807) is 0 Å². The van der Waals surface area contributed by atoms with E-state index < -0.39 is 0 Å². The Hall–Kier alpha value is -1.44. The number of anilines is 1. The standard InChI is InChI=1S/C16H22N2/c1-11(17)18-16-14(10-12-4-2-5-12)9-8-13-6-3-7-15(13)16/h8-9,12,18H,1-7,10,17H2. The fourth-order valence-electron chi connectivity index (χ4n) is 3.21. The first kappa shape index (κ1) is 11.6. The highest BCUT2D eigenvalue weighted by atomic mass is 15.0. The molecule has 3 N–H and O–H groups in total. The normalized spacial score (nSPS) is 18.2. The zero-order valence-electron chi connectivity index (χ0n) is 11.0. The summed E-state index contributed by atoms with van der Waals surface area (Å²) in [5.74, 6) is 1.45. The molecule has 0 aliphatic heterocycles. The van der Waals surface area contributed by atoms with E-state index in [-0.39, 0.29) is 0 Å². The summed E-state index contributed by atoms with van der Waals surface area (Å²) in [6, 6.07) is 4.62. The van der Waals surface area contributed by atoms with Gasteiger partial charge in [-0.25, -0.2) is 0 Å². The van der Waals surface area contributed by atoms with E-state index in [0.717, 1.165) is 5.92 Å².